The lowest BCUT2D eigenvalue weighted by atomic mass is 9.90. The Kier molecular flexibility index (Phi) is 4.19. The fourth-order valence-electron chi connectivity index (χ4n) is 1.72. The Morgan fingerprint density at radius 2 is 1.85 bits per heavy atom. The highest BCUT2D eigenvalue weighted by Gasteiger charge is 2.39. The third-order valence-electron chi connectivity index (χ3n) is 2.73. The van der Waals surface area contributed by atoms with Crippen molar-refractivity contribution < 1.29 is 14.5 Å². The third kappa shape index (κ3) is 3.54. The Morgan fingerprint density at radius 1 is 1.30 bits per heavy atom. The molecule has 0 bridgehead atoms. The molecule has 0 aromatic heterocycles. The van der Waals surface area contributed by atoms with Crippen LogP contribution in [0.3, 0.4) is 0 Å². The number of nitrogens with zero attached hydrogens (tertiary/aromatic N) is 1. The molecule has 6 nitrogen and oxygen atoms in total. The summed E-state index contributed by atoms with van der Waals surface area (Å²) < 4.78 is 5.24. The molecule has 20 heavy (non-hydrogen) atoms. The van der Waals surface area contributed by atoms with Gasteiger partial charge in [-0.1, -0.05) is 11.6 Å². The van der Waals surface area contributed by atoms with E-state index in [-0.39, 0.29) is 11.3 Å². The summed E-state index contributed by atoms with van der Waals surface area (Å²) in [5.74, 6) is -0.696. The van der Waals surface area contributed by atoms with Gasteiger partial charge in [0.25, 0.3) is 5.69 Å². The topological polar surface area (TPSA) is 95.5 Å². The zero-order valence-corrected chi connectivity index (χ0v) is 12.4. The normalized spacial score (nSPS) is 14.5. The third-order valence-corrected chi connectivity index (χ3v) is 2.73. The Balaban J connectivity index is 3.30. The minimum Gasteiger partial charge on any atom is -0.458 e. The minimum absolute atomic E-state index is 0.150. The Morgan fingerprint density at radius 3 is 2.30 bits per heavy atom. The van der Waals surface area contributed by atoms with Gasteiger partial charge in [0.1, 0.15) is 11.1 Å². The van der Waals surface area contributed by atoms with Crippen molar-refractivity contribution in [1.82, 2.24) is 0 Å². The Labute approximate surface area is 118 Å². The molecule has 1 atom stereocenters. The fraction of sp³-hybridized carbons (Fsp3) is 0.500. The molecule has 0 amide bonds. The molecule has 0 saturated heterocycles. The lowest BCUT2D eigenvalue weighted by Gasteiger charge is -2.28. The van der Waals surface area contributed by atoms with Crippen molar-refractivity contribution in [2.75, 3.05) is 0 Å². The van der Waals surface area contributed by atoms with Crippen LogP contribution in [-0.4, -0.2) is 16.5 Å². The van der Waals surface area contributed by atoms with Crippen LogP contribution in [0.1, 0.15) is 38.8 Å². The number of benzene rings is 1. The summed E-state index contributed by atoms with van der Waals surface area (Å²) in [6.07, 6.45) is 0. The van der Waals surface area contributed by atoms with E-state index in [0.717, 1.165) is 5.56 Å². The average molecular weight is 280 g/mol. The summed E-state index contributed by atoms with van der Waals surface area (Å²) in [5.41, 5.74) is 4.47. The van der Waals surface area contributed by atoms with Crippen molar-refractivity contribution in [1.29, 1.82) is 0 Å². The molecule has 0 fully saturated rings. The lowest BCUT2D eigenvalue weighted by Crippen LogP contribution is -2.46. The van der Waals surface area contributed by atoms with Gasteiger partial charge >= 0.3 is 5.97 Å². The number of carbonyl (C=O) groups is 1. The number of nitro groups is 1. The maximum Gasteiger partial charge on any atom is 0.331 e. The van der Waals surface area contributed by atoms with E-state index in [9.17, 15) is 14.9 Å². The van der Waals surface area contributed by atoms with Crippen LogP contribution < -0.4 is 5.73 Å². The zero-order chi connectivity index (χ0) is 15.7. The first-order chi connectivity index (χ1) is 8.95. The van der Waals surface area contributed by atoms with Crippen molar-refractivity contribution in [2.24, 2.45) is 5.73 Å². The van der Waals surface area contributed by atoms with Crippen molar-refractivity contribution >= 4 is 11.7 Å². The molecule has 0 heterocycles. The van der Waals surface area contributed by atoms with E-state index in [2.05, 4.69) is 0 Å². The van der Waals surface area contributed by atoms with Gasteiger partial charge in [-0.05, 0) is 40.7 Å². The SMILES string of the molecule is Cc1ccc([N+](=O)[O-])c([C@](C)(N)C(=O)OC(C)(C)C)c1. The molecule has 6 heteroatoms. The van der Waals surface area contributed by atoms with Crippen molar-refractivity contribution in [2.45, 2.75) is 45.8 Å². The van der Waals surface area contributed by atoms with Gasteiger partial charge in [-0.15, -0.1) is 0 Å². The molecule has 0 aliphatic heterocycles. The molecular formula is C14H20N2O4. The second-order valence-corrected chi connectivity index (χ2v) is 5.98. The Bertz CT molecular complexity index is 545. The van der Waals surface area contributed by atoms with Crippen LogP contribution in [0.25, 0.3) is 0 Å². The number of ether oxygens (including phenoxy) is 1. The van der Waals surface area contributed by atoms with Crippen LogP contribution in [0.4, 0.5) is 5.69 Å². The number of rotatable bonds is 3. The maximum atomic E-state index is 12.2. The van der Waals surface area contributed by atoms with E-state index in [1.54, 1.807) is 39.8 Å². The molecule has 2 N–H and O–H groups in total. The van der Waals surface area contributed by atoms with Gasteiger partial charge in [0.05, 0.1) is 10.5 Å². The number of hydrogen-bond acceptors (Lipinski definition) is 5. The first-order valence-corrected chi connectivity index (χ1v) is 6.23. The van der Waals surface area contributed by atoms with E-state index >= 15 is 0 Å². The zero-order valence-electron chi connectivity index (χ0n) is 12.4. The predicted octanol–water partition coefficient (Wildman–Crippen LogP) is 2.42. The monoisotopic (exact) mass is 280 g/mol. The van der Waals surface area contributed by atoms with Crippen molar-refractivity contribution in [3.05, 3.63) is 39.4 Å². The predicted molar refractivity (Wildman–Crippen MR) is 75.2 cm³/mol. The summed E-state index contributed by atoms with van der Waals surface area (Å²) >= 11 is 0. The number of carbonyl (C=O) groups excluding carboxylic acids is 1. The summed E-state index contributed by atoms with van der Waals surface area (Å²) in [6, 6.07) is 4.50. The molecule has 1 rings (SSSR count). The smallest absolute Gasteiger partial charge is 0.331 e. The van der Waals surface area contributed by atoms with Crippen LogP contribution in [0.15, 0.2) is 18.2 Å². The summed E-state index contributed by atoms with van der Waals surface area (Å²) in [7, 11) is 0. The van der Waals surface area contributed by atoms with E-state index < -0.39 is 22.0 Å². The largest absolute Gasteiger partial charge is 0.458 e. The van der Waals surface area contributed by atoms with Crippen molar-refractivity contribution in [3.63, 3.8) is 0 Å². The highest BCUT2D eigenvalue weighted by atomic mass is 16.6. The van der Waals surface area contributed by atoms with Gasteiger partial charge in [0, 0.05) is 6.07 Å². The van der Waals surface area contributed by atoms with Crippen molar-refractivity contribution in [3.8, 4) is 0 Å². The maximum absolute atomic E-state index is 12.2. The van der Waals surface area contributed by atoms with Gasteiger partial charge in [-0.3, -0.25) is 10.1 Å². The molecule has 0 aliphatic rings. The molecule has 110 valence electrons. The molecule has 0 saturated carbocycles. The van der Waals surface area contributed by atoms with E-state index in [4.69, 9.17) is 10.5 Å². The summed E-state index contributed by atoms with van der Waals surface area (Å²) in [5, 5.41) is 11.1. The second kappa shape index (κ2) is 5.20. The Hall–Kier alpha value is -1.95. The highest BCUT2D eigenvalue weighted by molar-refractivity contribution is 5.83. The van der Waals surface area contributed by atoms with Gasteiger partial charge in [0.15, 0.2) is 0 Å². The second-order valence-electron chi connectivity index (χ2n) is 5.98. The first-order valence-electron chi connectivity index (χ1n) is 6.23. The number of hydrogen-bond donors (Lipinski definition) is 1. The quantitative estimate of drug-likeness (QED) is 0.521. The summed E-state index contributed by atoms with van der Waals surface area (Å²) in [4.78, 5) is 22.7. The van der Waals surface area contributed by atoms with E-state index in [1.807, 2.05) is 0 Å². The fourth-order valence-corrected chi connectivity index (χ4v) is 1.72. The van der Waals surface area contributed by atoms with E-state index in [1.165, 1.54) is 13.0 Å². The van der Waals surface area contributed by atoms with Crippen LogP contribution in [0.5, 0.6) is 0 Å². The van der Waals surface area contributed by atoms with Gasteiger partial charge in [-0.25, -0.2) is 4.79 Å². The average Bonchev–Trinajstić information content (AvgIpc) is 2.25. The van der Waals surface area contributed by atoms with Gasteiger partial charge < -0.3 is 10.5 Å². The highest BCUT2D eigenvalue weighted by Crippen LogP contribution is 2.31. The molecule has 0 radical (unpaired) electrons. The lowest BCUT2D eigenvalue weighted by molar-refractivity contribution is -0.386. The summed E-state index contributed by atoms with van der Waals surface area (Å²) in [6.45, 7) is 8.34. The molecule has 0 unspecified atom stereocenters. The van der Waals surface area contributed by atoms with Crippen LogP contribution >= 0.6 is 0 Å². The van der Waals surface area contributed by atoms with Crippen LogP contribution in [0.2, 0.25) is 0 Å². The molecular weight excluding hydrogens is 260 g/mol. The molecule has 1 aromatic carbocycles. The minimum atomic E-state index is -1.58. The van der Waals surface area contributed by atoms with E-state index in [0.29, 0.717) is 0 Å². The standard InChI is InChI=1S/C14H20N2O4/c1-9-6-7-11(16(18)19)10(8-9)14(5,15)12(17)20-13(2,3)4/h6-8H,15H2,1-5H3/t14-/m0/s1. The van der Waals surface area contributed by atoms with Crippen LogP contribution in [-0.2, 0) is 15.1 Å². The van der Waals surface area contributed by atoms with Gasteiger partial charge in [-0.2, -0.15) is 0 Å². The molecule has 0 aliphatic carbocycles. The van der Waals surface area contributed by atoms with Gasteiger partial charge in [0.2, 0.25) is 0 Å². The number of nitro benzene ring substituents is 1. The van der Waals surface area contributed by atoms with Crippen LogP contribution in [0, 0.1) is 17.0 Å². The number of nitrogens with two attached hydrogens (primary N) is 1. The molecule has 0 spiro atoms. The number of esters is 1. The first kappa shape index (κ1) is 16.1. The molecule has 1 aromatic rings. The number of aryl methyl sites for hydroxylation is 1.